The fourth-order valence-electron chi connectivity index (χ4n) is 6.45. The van der Waals surface area contributed by atoms with Crippen molar-refractivity contribution in [1.29, 1.82) is 0 Å². The van der Waals surface area contributed by atoms with Crippen molar-refractivity contribution in [3.8, 4) is 0 Å². The van der Waals surface area contributed by atoms with Crippen molar-refractivity contribution in [1.82, 2.24) is 31.6 Å². The number of nitrogens with two attached hydrogens (primary N) is 4. The van der Waals surface area contributed by atoms with E-state index in [1.807, 2.05) is 38.1 Å². The number of hydrogen-bond donors (Lipinski definition) is 11. The van der Waals surface area contributed by atoms with Crippen LogP contribution in [0.2, 0.25) is 0 Å². The number of hydrogen-bond acceptors (Lipinski definition) is 10. The molecule has 0 saturated carbocycles. The SMILES string of the molecule is CC[C@H](C)[C@H](NC(=O)[C@H](Cc1c[nH]c2ccccc12)NC(=O)[C@H](CCCCN)NC(=O)[C@H](CCCCN)NC(=O)[C@@H](N)CC(C)C)C(=O)N[C@@H](CCC(N)=O)C(=O)O. The Morgan fingerprint density at radius 2 is 1.24 bits per heavy atom. The first kappa shape index (κ1) is 49.1. The normalized spacial score (nSPS) is 15.0. The molecule has 15 N–H and O–H groups in total. The fraction of sp³-hybridized carbons (Fsp3) is 0.625. The van der Waals surface area contributed by atoms with Crippen LogP contribution in [0.25, 0.3) is 10.9 Å². The van der Waals surface area contributed by atoms with Crippen molar-refractivity contribution in [2.75, 3.05) is 13.1 Å². The van der Waals surface area contributed by atoms with Crippen molar-refractivity contribution in [3.05, 3.63) is 36.0 Å². The van der Waals surface area contributed by atoms with E-state index in [-0.39, 0.29) is 38.0 Å². The number of H-pyrrole nitrogens is 1. The number of aromatic nitrogens is 1. The van der Waals surface area contributed by atoms with Crippen LogP contribution in [-0.4, -0.2) is 101 Å². The summed E-state index contributed by atoms with van der Waals surface area (Å²) in [7, 11) is 0. The van der Waals surface area contributed by atoms with Gasteiger partial charge in [-0.1, -0.05) is 52.3 Å². The number of amides is 6. The van der Waals surface area contributed by atoms with Crippen LogP contribution in [0.1, 0.15) is 97.5 Å². The molecule has 0 bridgehead atoms. The zero-order valence-electron chi connectivity index (χ0n) is 34.3. The summed E-state index contributed by atoms with van der Waals surface area (Å²) in [4.78, 5) is 95.4. The molecule has 0 radical (unpaired) electrons. The van der Waals surface area contributed by atoms with Gasteiger partial charge in [-0.2, -0.15) is 0 Å². The summed E-state index contributed by atoms with van der Waals surface area (Å²) >= 11 is 0. The lowest BCUT2D eigenvalue weighted by Crippen LogP contribution is -2.60. The van der Waals surface area contributed by atoms with Crippen LogP contribution in [-0.2, 0) is 40.0 Å². The summed E-state index contributed by atoms with van der Waals surface area (Å²) in [5, 5.41) is 24.0. The average molecular weight is 815 g/mol. The summed E-state index contributed by atoms with van der Waals surface area (Å²) in [5.41, 5.74) is 24.2. The first-order chi connectivity index (χ1) is 27.5. The molecule has 1 aromatic carbocycles. The summed E-state index contributed by atoms with van der Waals surface area (Å²) in [6.07, 6.45) is 4.49. The molecule has 2 aromatic rings. The third kappa shape index (κ3) is 16.4. The van der Waals surface area contributed by atoms with Crippen LogP contribution in [0.3, 0.4) is 0 Å². The van der Waals surface area contributed by atoms with E-state index in [1.165, 1.54) is 0 Å². The first-order valence-electron chi connectivity index (χ1n) is 20.3. The highest BCUT2D eigenvalue weighted by Crippen LogP contribution is 2.20. The summed E-state index contributed by atoms with van der Waals surface area (Å²) in [6, 6.07) is 0.425. The molecule has 0 fully saturated rings. The lowest BCUT2D eigenvalue weighted by molar-refractivity contribution is -0.143. The van der Waals surface area contributed by atoms with Gasteiger partial charge in [0.1, 0.15) is 30.2 Å². The van der Waals surface area contributed by atoms with E-state index in [2.05, 4.69) is 31.6 Å². The van der Waals surface area contributed by atoms with Crippen molar-refractivity contribution < 1.29 is 38.7 Å². The van der Waals surface area contributed by atoms with Gasteiger partial charge in [0, 0.05) is 29.9 Å². The molecule has 2 rings (SSSR count). The number of benzene rings is 1. The maximum atomic E-state index is 14.3. The molecule has 7 atom stereocenters. The average Bonchev–Trinajstić information content (AvgIpc) is 3.58. The second-order valence-electron chi connectivity index (χ2n) is 15.3. The van der Waals surface area contributed by atoms with E-state index in [0.717, 1.165) is 10.9 Å². The van der Waals surface area contributed by atoms with Gasteiger partial charge in [-0.15, -0.1) is 0 Å². The summed E-state index contributed by atoms with van der Waals surface area (Å²) in [5.74, 6) is -5.78. The van der Waals surface area contributed by atoms with E-state index in [4.69, 9.17) is 22.9 Å². The molecule has 0 spiro atoms. The Morgan fingerprint density at radius 1 is 0.707 bits per heavy atom. The topological polar surface area (TPSA) is 320 Å². The first-order valence-corrected chi connectivity index (χ1v) is 20.3. The minimum Gasteiger partial charge on any atom is -0.480 e. The minimum absolute atomic E-state index is 0.0260. The van der Waals surface area contributed by atoms with Gasteiger partial charge >= 0.3 is 5.97 Å². The number of para-hydroxylation sites is 1. The van der Waals surface area contributed by atoms with Crippen molar-refractivity contribution >= 4 is 52.3 Å². The Balaban J connectivity index is 2.47. The Labute approximate surface area is 340 Å². The third-order valence-electron chi connectivity index (χ3n) is 10.0. The summed E-state index contributed by atoms with van der Waals surface area (Å²) in [6.45, 7) is 8.08. The van der Waals surface area contributed by atoms with Gasteiger partial charge in [-0.25, -0.2) is 4.79 Å². The lowest BCUT2D eigenvalue weighted by atomic mass is 9.96. The Bertz CT molecular complexity index is 1670. The van der Waals surface area contributed by atoms with Gasteiger partial charge in [0.2, 0.25) is 35.4 Å². The highest BCUT2D eigenvalue weighted by molar-refractivity contribution is 5.97. The molecule has 0 aliphatic heterocycles. The number of unbranched alkanes of at least 4 members (excludes halogenated alkanes) is 2. The van der Waals surface area contributed by atoms with Gasteiger partial charge in [-0.3, -0.25) is 28.8 Å². The van der Waals surface area contributed by atoms with Gasteiger partial charge in [0.25, 0.3) is 0 Å². The number of aliphatic carboxylic acids is 1. The van der Waals surface area contributed by atoms with E-state index < -0.39 is 83.6 Å². The molecule has 0 unspecified atom stereocenters. The van der Waals surface area contributed by atoms with E-state index >= 15 is 0 Å². The van der Waals surface area contributed by atoms with Crippen molar-refractivity contribution in [3.63, 3.8) is 0 Å². The second kappa shape index (κ2) is 25.3. The quantitative estimate of drug-likeness (QED) is 0.0514. The number of rotatable bonds is 28. The highest BCUT2D eigenvalue weighted by atomic mass is 16.4. The Hall–Kier alpha value is -5.07. The van der Waals surface area contributed by atoms with Gasteiger partial charge in [-0.05, 0) is 87.9 Å². The van der Waals surface area contributed by atoms with Gasteiger partial charge in [0.15, 0.2) is 0 Å². The number of nitrogens with one attached hydrogen (secondary N) is 6. The fourth-order valence-corrected chi connectivity index (χ4v) is 6.45. The van der Waals surface area contributed by atoms with Crippen LogP contribution in [0.4, 0.5) is 0 Å². The molecule has 18 heteroatoms. The number of carboxylic acids is 1. The van der Waals surface area contributed by atoms with Gasteiger partial charge < -0.3 is 59.6 Å². The Morgan fingerprint density at radius 3 is 1.78 bits per heavy atom. The second-order valence-corrected chi connectivity index (χ2v) is 15.3. The lowest BCUT2D eigenvalue weighted by Gasteiger charge is -2.29. The predicted octanol–water partition coefficient (Wildman–Crippen LogP) is 0.162. The molecule has 1 heterocycles. The van der Waals surface area contributed by atoms with Gasteiger partial charge in [0.05, 0.1) is 6.04 Å². The monoisotopic (exact) mass is 815 g/mol. The molecule has 0 saturated heterocycles. The number of fused-ring (bicyclic) bond motifs is 1. The summed E-state index contributed by atoms with van der Waals surface area (Å²) < 4.78 is 0. The minimum atomic E-state index is -1.45. The highest BCUT2D eigenvalue weighted by Gasteiger charge is 2.35. The molecular formula is C40H66N10O8. The number of primary amides is 1. The molecule has 6 amide bonds. The molecule has 324 valence electrons. The number of carbonyl (C=O) groups is 7. The smallest absolute Gasteiger partial charge is 0.326 e. The van der Waals surface area contributed by atoms with Crippen LogP contribution in [0.5, 0.6) is 0 Å². The van der Waals surface area contributed by atoms with E-state index in [0.29, 0.717) is 57.2 Å². The molecule has 1 aromatic heterocycles. The van der Waals surface area contributed by atoms with Crippen molar-refractivity contribution in [2.45, 2.75) is 135 Å². The molecule has 18 nitrogen and oxygen atoms in total. The molecule has 0 aliphatic rings. The van der Waals surface area contributed by atoms with Crippen LogP contribution >= 0.6 is 0 Å². The largest absolute Gasteiger partial charge is 0.480 e. The van der Waals surface area contributed by atoms with Crippen molar-refractivity contribution in [2.24, 2.45) is 34.8 Å². The molecular weight excluding hydrogens is 749 g/mol. The maximum Gasteiger partial charge on any atom is 0.326 e. The Kier molecular flexibility index (Phi) is 21.4. The maximum absolute atomic E-state index is 14.3. The van der Waals surface area contributed by atoms with Crippen LogP contribution in [0.15, 0.2) is 30.5 Å². The number of aromatic amines is 1. The zero-order valence-corrected chi connectivity index (χ0v) is 34.3. The van der Waals surface area contributed by atoms with E-state index in [1.54, 1.807) is 20.0 Å². The molecule has 58 heavy (non-hydrogen) atoms. The zero-order chi connectivity index (χ0) is 43.4. The third-order valence-corrected chi connectivity index (χ3v) is 10.0. The van der Waals surface area contributed by atoms with Crippen LogP contribution < -0.4 is 49.5 Å². The van der Waals surface area contributed by atoms with Crippen LogP contribution in [0, 0.1) is 11.8 Å². The predicted molar refractivity (Wildman–Crippen MR) is 220 cm³/mol. The standard InChI is InChI=1S/C40H66N10O8/c1-5-24(4)34(39(56)48-31(40(57)58)16-17-33(44)51)50-38(55)32(21-25-22-45-28-13-7-6-12-26(25)28)49-37(54)30(15-9-11-19-42)47-36(53)29(14-8-10-18-41)46-35(52)27(43)20-23(2)3/h6-7,12-13,22-24,27,29-32,34,45H,5,8-11,14-21,41-43H2,1-4H3,(H2,44,51)(H,46,52)(H,47,53)(H,48,56)(H,49,54)(H,50,55)(H,57,58)/t24-,27-,29-,30-,31-,32-,34-/m0/s1. The number of carbonyl (C=O) groups excluding carboxylic acids is 6. The molecule has 0 aliphatic carbocycles. The number of carboxylic acid groups (broad SMARTS) is 1. The van der Waals surface area contributed by atoms with E-state index in [9.17, 15) is 38.7 Å².